The van der Waals surface area contributed by atoms with Crippen LogP contribution in [-0.2, 0) is 0 Å². The van der Waals surface area contributed by atoms with Crippen molar-refractivity contribution in [2.75, 3.05) is 0 Å². The molecule has 0 amide bonds. The van der Waals surface area contributed by atoms with Crippen LogP contribution in [0.25, 0.3) is 89.6 Å². The van der Waals surface area contributed by atoms with Gasteiger partial charge in [-0.25, -0.2) is 19.9 Å². The molecule has 14 rings (SSSR count). The van der Waals surface area contributed by atoms with E-state index in [1.54, 1.807) is 0 Å². The Morgan fingerprint density at radius 2 is 0.641 bits per heavy atom. The SMILES string of the molecule is c1ccc(-c2nc(-c3ccc4c(c3)C3c5ccccc5C4c4cc(-c5cc(-c6cnc7ccccc7c6)nc(-c6ccccc6)n5)ccc43)cc(-c3cnc4ccccc4c3)n2)cc1. The van der Waals surface area contributed by atoms with Crippen molar-refractivity contribution in [1.29, 1.82) is 0 Å². The number of aromatic nitrogens is 6. The predicted octanol–water partition coefficient (Wildman–Crippen LogP) is 13.4. The van der Waals surface area contributed by atoms with Crippen LogP contribution in [-0.4, -0.2) is 29.9 Å². The summed E-state index contributed by atoms with van der Waals surface area (Å²) in [6.45, 7) is 0. The lowest BCUT2D eigenvalue weighted by atomic mass is 9.60. The van der Waals surface area contributed by atoms with Crippen LogP contribution in [0.2, 0.25) is 0 Å². The van der Waals surface area contributed by atoms with E-state index < -0.39 is 0 Å². The van der Waals surface area contributed by atoms with E-state index in [0.717, 1.165) is 78.0 Å². The van der Waals surface area contributed by atoms with Crippen LogP contribution < -0.4 is 0 Å². The summed E-state index contributed by atoms with van der Waals surface area (Å²) in [4.78, 5) is 30.3. The van der Waals surface area contributed by atoms with Crippen molar-refractivity contribution in [3.05, 3.63) is 240 Å². The van der Waals surface area contributed by atoms with E-state index in [4.69, 9.17) is 29.9 Å². The van der Waals surface area contributed by atoms with Gasteiger partial charge in [0, 0.05) is 68.4 Å². The Morgan fingerprint density at radius 1 is 0.266 bits per heavy atom. The first-order chi connectivity index (χ1) is 31.7. The summed E-state index contributed by atoms with van der Waals surface area (Å²) >= 11 is 0. The van der Waals surface area contributed by atoms with Crippen molar-refractivity contribution in [1.82, 2.24) is 29.9 Å². The van der Waals surface area contributed by atoms with Gasteiger partial charge in [0.2, 0.25) is 0 Å². The molecule has 6 heteroatoms. The molecule has 0 fully saturated rings. The number of para-hydroxylation sites is 2. The summed E-state index contributed by atoms with van der Waals surface area (Å²) in [5, 5.41) is 2.15. The summed E-state index contributed by atoms with van der Waals surface area (Å²) in [7, 11) is 0. The van der Waals surface area contributed by atoms with Gasteiger partial charge in [0.15, 0.2) is 11.6 Å². The normalized spacial score (nSPS) is 14.6. The Bertz CT molecular complexity index is 3400. The quantitative estimate of drug-likeness (QED) is 0.166. The van der Waals surface area contributed by atoms with E-state index in [-0.39, 0.29) is 11.8 Å². The molecule has 0 aliphatic heterocycles. The molecule has 4 aromatic heterocycles. The fourth-order valence-corrected chi connectivity index (χ4v) is 9.88. The van der Waals surface area contributed by atoms with E-state index in [2.05, 4.69) is 121 Å². The molecule has 6 nitrogen and oxygen atoms in total. The highest BCUT2D eigenvalue weighted by Crippen LogP contribution is 2.56. The van der Waals surface area contributed by atoms with Crippen molar-refractivity contribution >= 4 is 21.8 Å². The minimum absolute atomic E-state index is 0.0595. The highest BCUT2D eigenvalue weighted by atomic mass is 14.9. The maximum atomic E-state index is 5.23. The minimum atomic E-state index is 0.0595. The van der Waals surface area contributed by atoms with Gasteiger partial charge in [-0.2, -0.15) is 0 Å². The average molecular weight is 817 g/mol. The molecule has 0 saturated heterocycles. The van der Waals surface area contributed by atoms with Crippen LogP contribution in [0.15, 0.2) is 207 Å². The third-order valence-electron chi connectivity index (χ3n) is 12.9. The number of nitrogens with zero attached hydrogens (tertiary/aromatic N) is 6. The van der Waals surface area contributed by atoms with E-state index in [1.807, 2.05) is 85.2 Å². The van der Waals surface area contributed by atoms with Crippen molar-refractivity contribution in [3.63, 3.8) is 0 Å². The van der Waals surface area contributed by atoms with Crippen LogP contribution in [0.1, 0.15) is 45.2 Å². The maximum Gasteiger partial charge on any atom is 0.160 e. The number of hydrogen-bond acceptors (Lipinski definition) is 6. The predicted molar refractivity (Wildman–Crippen MR) is 256 cm³/mol. The largest absolute Gasteiger partial charge is 0.256 e. The fraction of sp³-hybridized carbons (Fsp3) is 0.0345. The number of pyridine rings is 2. The molecule has 0 saturated carbocycles. The van der Waals surface area contributed by atoms with Crippen molar-refractivity contribution < 1.29 is 0 Å². The second kappa shape index (κ2) is 14.6. The van der Waals surface area contributed by atoms with Gasteiger partial charge in [0.25, 0.3) is 0 Å². The van der Waals surface area contributed by atoms with Crippen molar-refractivity contribution in [2.24, 2.45) is 0 Å². The summed E-state index contributed by atoms with van der Waals surface area (Å²) in [5.74, 6) is 1.49. The average Bonchev–Trinajstić information content (AvgIpc) is 3.38. The molecule has 64 heavy (non-hydrogen) atoms. The van der Waals surface area contributed by atoms with Gasteiger partial charge in [-0.3, -0.25) is 9.97 Å². The fourth-order valence-electron chi connectivity index (χ4n) is 9.88. The second-order valence-corrected chi connectivity index (χ2v) is 16.7. The summed E-state index contributed by atoms with van der Waals surface area (Å²) in [5.41, 5.74) is 19.3. The Kier molecular flexibility index (Phi) is 8.24. The Balaban J connectivity index is 0.938. The molecule has 0 spiro atoms. The molecule has 2 unspecified atom stereocenters. The number of rotatable bonds is 6. The third-order valence-corrected chi connectivity index (χ3v) is 12.9. The van der Waals surface area contributed by atoms with Crippen molar-refractivity contribution in [2.45, 2.75) is 11.8 Å². The van der Waals surface area contributed by atoms with Gasteiger partial charge in [-0.1, -0.05) is 146 Å². The summed E-state index contributed by atoms with van der Waals surface area (Å²) < 4.78 is 0. The number of hydrogen-bond donors (Lipinski definition) is 0. The smallest absolute Gasteiger partial charge is 0.160 e. The van der Waals surface area contributed by atoms with Crippen LogP contribution >= 0.6 is 0 Å². The Hall–Kier alpha value is -8.48. The zero-order chi connectivity index (χ0) is 42.1. The molecule has 2 bridgehead atoms. The zero-order valence-corrected chi connectivity index (χ0v) is 34.5. The lowest BCUT2D eigenvalue weighted by Crippen LogP contribution is -2.27. The minimum Gasteiger partial charge on any atom is -0.256 e. The van der Waals surface area contributed by atoms with E-state index in [9.17, 15) is 0 Å². The van der Waals surface area contributed by atoms with Gasteiger partial charge in [0.05, 0.1) is 33.8 Å². The highest BCUT2D eigenvalue weighted by Gasteiger charge is 2.41. The molecule has 7 aromatic carbocycles. The zero-order valence-electron chi connectivity index (χ0n) is 34.5. The molecule has 3 aliphatic rings. The second-order valence-electron chi connectivity index (χ2n) is 16.7. The highest BCUT2D eigenvalue weighted by molar-refractivity contribution is 5.86. The van der Waals surface area contributed by atoms with Crippen LogP contribution in [0.5, 0.6) is 0 Å². The summed E-state index contributed by atoms with van der Waals surface area (Å²) in [6.07, 6.45) is 3.84. The lowest BCUT2D eigenvalue weighted by Gasteiger charge is -2.42. The van der Waals surface area contributed by atoms with Gasteiger partial charge in [0.1, 0.15) is 0 Å². The Labute approximate surface area is 369 Å². The molecule has 11 aromatic rings. The van der Waals surface area contributed by atoms with E-state index in [0.29, 0.717) is 11.6 Å². The van der Waals surface area contributed by atoms with Crippen LogP contribution in [0, 0.1) is 0 Å². The first-order valence-corrected chi connectivity index (χ1v) is 21.7. The molecule has 2 atom stereocenters. The molecular formula is C58H36N6. The topological polar surface area (TPSA) is 77.3 Å². The number of benzene rings is 7. The van der Waals surface area contributed by atoms with Crippen LogP contribution in [0.3, 0.4) is 0 Å². The van der Waals surface area contributed by atoms with E-state index >= 15 is 0 Å². The third kappa shape index (κ3) is 6.03. The summed E-state index contributed by atoms with van der Waals surface area (Å²) in [6, 6.07) is 68.3. The first-order valence-electron chi connectivity index (χ1n) is 21.7. The van der Waals surface area contributed by atoms with Crippen molar-refractivity contribution in [3.8, 4) is 67.8 Å². The Morgan fingerprint density at radius 3 is 1.09 bits per heavy atom. The van der Waals surface area contributed by atoms with Gasteiger partial charge in [-0.15, -0.1) is 0 Å². The molecular weight excluding hydrogens is 781 g/mol. The van der Waals surface area contributed by atoms with Gasteiger partial charge < -0.3 is 0 Å². The van der Waals surface area contributed by atoms with E-state index in [1.165, 1.54) is 33.4 Å². The monoisotopic (exact) mass is 816 g/mol. The standard InChI is InChI=1S/C58H36N6/c1-3-13-35(14-4-1)57-61-51(31-53(63-57)41-27-37-17-7-11-21-49(37)59-33-41)39-23-25-45-47(29-39)55-43-19-9-10-20-44(43)56(45)48-30-40(24-26-46(48)55)52-32-54(64-58(62-52)36-15-5-2-6-16-36)42-28-38-18-8-12-22-50(38)60-34-42/h1-34,55-56H. The maximum absolute atomic E-state index is 5.23. The molecule has 4 heterocycles. The molecule has 0 radical (unpaired) electrons. The first kappa shape index (κ1) is 36.2. The molecule has 3 aliphatic carbocycles. The molecule has 0 N–H and O–H groups in total. The van der Waals surface area contributed by atoms with Crippen LogP contribution in [0.4, 0.5) is 0 Å². The lowest BCUT2D eigenvalue weighted by molar-refractivity contribution is 0.755. The van der Waals surface area contributed by atoms with Gasteiger partial charge >= 0.3 is 0 Å². The number of fused-ring (bicyclic) bond motifs is 2. The molecule has 298 valence electrons. The van der Waals surface area contributed by atoms with Gasteiger partial charge in [-0.05, 0) is 81.9 Å².